The summed E-state index contributed by atoms with van der Waals surface area (Å²) in [6.45, 7) is 0. The minimum absolute atomic E-state index is 0.0944. The van der Waals surface area contributed by atoms with Crippen molar-refractivity contribution >= 4 is 23.1 Å². The Morgan fingerprint density at radius 1 is 1.28 bits per heavy atom. The number of anilines is 1. The van der Waals surface area contributed by atoms with Gasteiger partial charge in [-0.15, -0.1) is 0 Å². The van der Waals surface area contributed by atoms with Crippen LogP contribution in [0, 0.1) is 0 Å². The van der Waals surface area contributed by atoms with Gasteiger partial charge < -0.3 is 5.73 Å². The van der Waals surface area contributed by atoms with Crippen LogP contribution >= 0.6 is 11.6 Å². The van der Waals surface area contributed by atoms with E-state index in [1.165, 1.54) is 0 Å². The number of carbonyl (C=O) groups excluding carboxylic acids is 1. The molecular formula is C14H13ClN2O. The molecule has 0 fully saturated rings. The van der Waals surface area contributed by atoms with Crippen LogP contribution in [0.4, 0.5) is 5.69 Å². The highest BCUT2D eigenvalue weighted by Gasteiger charge is 2.08. The Morgan fingerprint density at radius 2 is 2.11 bits per heavy atom. The highest BCUT2D eigenvalue weighted by atomic mass is 35.5. The van der Waals surface area contributed by atoms with E-state index in [-0.39, 0.29) is 5.78 Å². The molecule has 1 aromatic heterocycles. The lowest BCUT2D eigenvalue weighted by Crippen LogP contribution is -2.08. The van der Waals surface area contributed by atoms with E-state index in [2.05, 4.69) is 4.98 Å². The number of ketones is 1. The number of carbonyl (C=O) groups is 1. The fourth-order valence-corrected chi connectivity index (χ4v) is 1.95. The highest BCUT2D eigenvalue weighted by molar-refractivity contribution is 6.30. The number of benzene rings is 1. The molecular weight excluding hydrogens is 248 g/mol. The summed E-state index contributed by atoms with van der Waals surface area (Å²) >= 11 is 5.87. The number of nitrogen functional groups attached to an aromatic ring is 1. The van der Waals surface area contributed by atoms with Gasteiger partial charge in [-0.3, -0.25) is 9.78 Å². The van der Waals surface area contributed by atoms with E-state index in [9.17, 15) is 4.79 Å². The average Bonchev–Trinajstić information content (AvgIpc) is 2.32. The summed E-state index contributed by atoms with van der Waals surface area (Å²) in [6.07, 6.45) is 3.90. The number of Topliss-reactive ketones (excluding diaryl/α,β-unsaturated/α-hetero) is 1. The maximum Gasteiger partial charge on any atom is 0.141 e. The monoisotopic (exact) mass is 260 g/mol. The predicted octanol–water partition coefficient (Wildman–Crippen LogP) is 2.67. The molecule has 2 rings (SSSR count). The quantitative estimate of drug-likeness (QED) is 0.920. The molecule has 3 nitrogen and oxygen atoms in total. The number of rotatable bonds is 4. The van der Waals surface area contributed by atoms with Crippen LogP contribution in [0.5, 0.6) is 0 Å². The topological polar surface area (TPSA) is 56.0 Å². The minimum atomic E-state index is 0.0944. The van der Waals surface area contributed by atoms with E-state index >= 15 is 0 Å². The van der Waals surface area contributed by atoms with E-state index in [1.54, 1.807) is 30.6 Å². The Balaban J connectivity index is 2.03. The number of nitrogens with zero attached hydrogens (tertiary/aromatic N) is 1. The van der Waals surface area contributed by atoms with Gasteiger partial charge >= 0.3 is 0 Å². The Morgan fingerprint density at radius 3 is 2.83 bits per heavy atom. The van der Waals surface area contributed by atoms with Crippen LogP contribution in [0.15, 0.2) is 42.7 Å². The Bertz CT molecular complexity index is 569. The summed E-state index contributed by atoms with van der Waals surface area (Å²) in [4.78, 5) is 15.9. The zero-order valence-corrected chi connectivity index (χ0v) is 10.5. The standard InChI is InChI=1S/C14H13ClN2O/c15-12-3-1-2-10(6-12)7-13(18)8-11-9-17-5-4-14(11)16/h1-6,9H,7-8H2,(H2,16,17). The van der Waals surface area contributed by atoms with E-state index in [4.69, 9.17) is 17.3 Å². The molecule has 4 heteroatoms. The van der Waals surface area contributed by atoms with Gasteiger partial charge in [-0.2, -0.15) is 0 Å². The van der Waals surface area contributed by atoms with Gasteiger partial charge in [0.25, 0.3) is 0 Å². The molecule has 0 atom stereocenters. The normalized spacial score (nSPS) is 10.3. The fraction of sp³-hybridized carbons (Fsp3) is 0.143. The lowest BCUT2D eigenvalue weighted by Gasteiger charge is -2.04. The second kappa shape index (κ2) is 5.65. The molecule has 0 radical (unpaired) electrons. The first kappa shape index (κ1) is 12.6. The van der Waals surface area contributed by atoms with E-state index in [1.807, 2.05) is 12.1 Å². The van der Waals surface area contributed by atoms with Crippen LogP contribution in [0.2, 0.25) is 5.02 Å². The van der Waals surface area contributed by atoms with Crippen LogP contribution < -0.4 is 5.73 Å². The molecule has 0 unspecified atom stereocenters. The molecule has 0 bridgehead atoms. The summed E-state index contributed by atoms with van der Waals surface area (Å²) < 4.78 is 0. The van der Waals surface area contributed by atoms with Gasteiger partial charge in [-0.05, 0) is 23.8 Å². The van der Waals surface area contributed by atoms with Gasteiger partial charge in [0, 0.05) is 41.5 Å². The van der Waals surface area contributed by atoms with Crippen molar-refractivity contribution in [2.24, 2.45) is 0 Å². The largest absolute Gasteiger partial charge is 0.398 e. The summed E-state index contributed by atoms with van der Waals surface area (Å²) in [6, 6.07) is 9.00. The molecule has 92 valence electrons. The molecule has 18 heavy (non-hydrogen) atoms. The highest BCUT2D eigenvalue weighted by Crippen LogP contribution is 2.14. The number of hydrogen-bond acceptors (Lipinski definition) is 3. The van der Waals surface area contributed by atoms with Gasteiger partial charge in [-0.25, -0.2) is 0 Å². The second-order valence-corrected chi connectivity index (χ2v) is 4.53. The number of hydrogen-bond donors (Lipinski definition) is 1. The maximum absolute atomic E-state index is 11.9. The SMILES string of the molecule is Nc1ccncc1CC(=O)Cc1cccc(Cl)c1. The third-order valence-electron chi connectivity index (χ3n) is 2.62. The van der Waals surface area contributed by atoms with E-state index in [0.29, 0.717) is 23.6 Å². The van der Waals surface area contributed by atoms with E-state index < -0.39 is 0 Å². The van der Waals surface area contributed by atoms with Crippen molar-refractivity contribution in [3.63, 3.8) is 0 Å². The number of halogens is 1. The van der Waals surface area contributed by atoms with Crippen molar-refractivity contribution in [2.45, 2.75) is 12.8 Å². The van der Waals surface area contributed by atoms with Gasteiger partial charge in [0.2, 0.25) is 0 Å². The first-order valence-electron chi connectivity index (χ1n) is 5.59. The molecule has 1 aromatic carbocycles. The summed E-state index contributed by atoms with van der Waals surface area (Å²) in [7, 11) is 0. The third-order valence-corrected chi connectivity index (χ3v) is 2.85. The molecule has 0 saturated carbocycles. The van der Waals surface area contributed by atoms with Crippen LogP contribution in [0.1, 0.15) is 11.1 Å². The zero-order valence-electron chi connectivity index (χ0n) is 9.77. The van der Waals surface area contributed by atoms with Crippen LogP contribution in [0.3, 0.4) is 0 Å². The third kappa shape index (κ3) is 3.31. The van der Waals surface area contributed by atoms with Gasteiger partial charge in [0.15, 0.2) is 0 Å². The second-order valence-electron chi connectivity index (χ2n) is 4.10. The molecule has 0 spiro atoms. The van der Waals surface area contributed by atoms with Crippen molar-refractivity contribution in [3.05, 3.63) is 58.9 Å². The predicted molar refractivity (Wildman–Crippen MR) is 72.5 cm³/mol. The van der Waals surface area contributed by atoms with E-state index in [0.717, 1.165) is 11.1 Å². The summed E-state index contributed by atoms with van der Waals surface area (Å²) in [5.41, 5.74) is 8.05. The first-order chi connectivity index (χ1) is 8.65. The number of pyridine rings is 1. The Kier molecular flexibility index (Phi) is 3.95. The van der Waals surface area contributed by atoms with Gasteiger partial charge in [0.05, 0.1) is 0 Å². The molecule has 2 N–H and O–H groups in total. The smallest absolute Gasteiger partial charge is 0.141 e. The fourth-order valence-electron chi connectivity index (χ4n) is 1.74. The summed E-state index contributed by atoms with van der Waals surface area (Å²) in [5.74, 6) is 0.0944. The molecule has 0 aliphatic rings. The van der Waals surface area contributed by atoms with Crippen LogP contribution in [-0.2, 0) is 17.6 Å². The Labute approximate surface area is 111 Å². The number of nitrogens with two attached hydrogens (primary N) is 1. The van der Waals surface area contributed by atoms with Crippen molar-refractivity contribution in [3.8, 4) is 0 Å². The minimum Gasteiger partial charge on any atom is -0.398 e. The number of aromatic nitrogens is 1. The molecule has 0 saturated heterocycles. The van der Waals surface area contributed by atoms with Gasteiger partial charge in [0.1, 0.15) is 5.78 Å². The van der Waals surface area contributed by atoms with Crippen molar-refractivity contribution < 1.29 is 4.79 Å². The lowest BCUT2D eigenvalue weighted by molar-refractivity contribution is -0.117. The van der Waals surface area contributed by atoms with Crippen molar-refractivity contribution in [1.82, 2.24) is 4.98 Å². The van der Waals surface area contributed by atoms with Crippen LogP contribution in [0.25, 0.3) is 0 Å². The van der Waals surface area contributed by atoms with Gasteiger partial charge in [-0.1, -0.05) is 23.7 Å². The molecule has 0 amide bonds. The first-order valence-corrected chi connectivity index (χ1v) is 5.97. The molecule has 1 heterocycles. The molecule has 0 aliphatic carbocycles. The van der Waals surface area contributed by atoms with Crippen LogP contribution in [-0.4, -0.2) is 10.8 Å². The molecule has 2 aromatic rings. The van der Waals surface area contributed by atoms with Crippen molar-refractivity contribution in [2.75, 3.05) is 5.73 Å². The average molecular weight is 261 g/mol. The molecule has 0 aliphatic heterocycles. The summed E-state index contributed by atoms with van der Waals surface area (Å²) in [5, 5.41) is 0.640. The van der Waals surface area contributed by atoms with Crippen molar-refractivity contribution in [1.29, 1.82) is 0 Å². The Hall–Kier alpha value is -1.87. The lowest BCUT2D eigenvalue weighted by atomic mass is 10.0. The maximum atomic E-state index is 11.9. The zero-order chi connectivity index (χ0) is 13.0.